The number of unbranched alkanes of at least 4 members (excludes halogenated alkanes) is 64. The third kappa shape index (κ3) is 80.9. The molecule has 0 N–H and O–H groups in total. The van der Waals surface area contributed by atoms with E-state index in [0.717, 1.165) is 44.9 Å². The fourth-order valence-electron chi connectivity index (χ4n) is 13.6. The highest BCUT2D eigenvalue weighted by atomic mass is 16.7. The highest BCUT2D eigenvalue weighted by Gasteiger charge is 2.22. The first-order chi connectivity index (χ1) is 47.6. The molecule has 0 radical (unpaired) electrons. The number of aliphatic carboxylic acids is 1. The van der Waals surface area contributed by atoms with Gasteiger partial charge in [-0.1, -0.05) is 430 Å². The molecule has 97 heavy (non-hydrogen) atoms. The zero-order chi connectivity index (χ0) is 70.4. The van der Waals surface area contributed by atoms with Crippen molar-refractivity contribution in [3.8, 4) is 0 Å². The molecule has 0 aliphatic carbocycles. The molecule has 0 aliphatic heterocycles. The quantitative estimate of drug-likeness (QED) is 0.0195. The normalized spacial score (nSPS) is 12.6. The van der Waals surface area contributed by atoms with Crippen LogP contribution in [0, 0.1) is 0 Å². The van der Waals surface area contributed by atoms with Crippen molar-refractivity contribution in [1.29, 1.82) is 0 Å². The SMILES string of the molecule is CCCCCCC/C=C\C/C=C\CCCCCCCCCCCCCCCCCCCCCCCCCC(=O)OC(COC(=O)CCCCCCCCCCCCCCCCCCCCCCCCCCCCCCCCCCCCCCC)COC(OCC[N+](C)(C)C)C(=O)[O-]. The van der Waals surface area contributed by atoms with E-state index in [0.29, 0.717) is 17.4 Å². The predicted octanol–water partition coefficient (Wildman–Crippen LogP) is 26.7. The number of carbonyl (C=O) groups is 3. The van der Waals surface area contributed by atoms with Gasteiger partial charge in [0.25, 0.3) is 0 Å². The van der Waals surface area contributed by atoms with Crippen LogP contribution in [0.4, 0.5) is 0 Å². The molecule has 0 rings (SSSR count). The van der Waals surface area contributed by atoms with Crippen molar-refractivity contribution in [3.05, 3.63) is 24.3 Å². The van der Waals surface area contributed by atoms with Crippen LogP contribution in [0.25, 0.3) is 0 Å². The molecule has 0 aromatic rings. The molecule has 0 heterocycles. The highest BCUT2D eigenvalue weighted by molar-refractivity contribution is 5.70. The summed E-state index contributed by atoms with van der Waals surface area (Å²) in [5.41, 5.74) is 0. The standard InChI is InChI=1S/C88H169NO8/c1-6-8-10-12-14-16-18-20-22-24-26-28-30-32-34-36-38-40-42-43-45-46-48-50-52-54-56-58-60-62-64-66-68-70-72-74-76-78-85(90)95-82-84(83-96-88(87(92)93)94-81-80-89(3,4)5)97-86(91)79-77-75-73-71-69-67-65-63-61-59-57-55-53-51-49-47-44-41-39-37-35-33-31-29-27-25-23-21-19-17-15-13-11-9-7-2/h19,21,25,27,84,88H,6-18,20,22-24,26,28-83H2,1-5H3/b21-19-,27-25-. The van der Waals surface area contributed by atoms with Crippen LogP contribution in [0.2, 0.25) is 0 Å². The number of hydrogen-bond donors (Lipinski definition) is 0. The van der Waals surface area contributed by atoms with Crippen molar-refractivity contribution in [2.24, 2.45) is 0 Å². The van der Waals surface area contributed by atoms with Crippen LogP contribution < -0.4 is 5.11 Å². The Balaban J connectivity index is 3.91. The first-order valence-electron chi connectivity index (χ1n) is 43.5. The number of nitrogens with zero attached hydrogens (tertiary/aromatic N) is 1. The zero-order valence-corrected chi connectivity index (χ0v) is 66.0. The van der Waals surface area contributed by atoms with Crippen LogP contribution in [0.1, 0.15) is 463 Å². The van der Waals surface area contributed by atoms with E-state index in [1.165, 1.54) is 392 Å². The molecule has 2 unspecified atom stereocenters. The minimum Gasteiger partial charge on any atom is -0.545 e. The smallest absolute Gasteiger partial charge is 0.306 e. The lowest BCUT2D eigenvalue weighted by Crippen LogP contribution is -2.44. The van der Waals surface area contributed by atoms with Crippen molar-refractivity contribution in [2.75, 3.05) is 47.5 Å². The Morgan fingerprint density at radius 2 is 0.557 bits per heavy atom. The van der Waals surface area contributed by atoms with Gasteiger partial charge in [0.15, 0.2) is 12.4 Å². The van der Waals surface area contributed by atoms with Gasteiger partial charge in [-0.05, 0) is 44.9 Å². The van der Waals surface area contributed by atoms with Crippen molar-refractivity contribution < 1.29 is 42.9 Å². The molecule has 0 saturated carbocycles. The summed E-state index contributed by atoms with van der Waals surface area (Å²) in [6.45, 7) is 4.84. The molecule has 574 valence electrons. The van der Waals surface area contributed by atoms with Gasteiger partial charge in [0, 0.05) is 12.8 Å². The maximum absolute atomic E-state index is 13.0. The molecule has 0 bridgehead atoms. The second-order valence-electron chi connectivity index (χ2n) is 31.2. The van der Waals surface area contributed by atoms with Gasteiger partial charge in [-0.15, -0.1) is 0 Å². The van der Waals surface area contributed by atoms with Gasteiger partial charge in [-0.3, -0.25) is 9.59 Å². The summed E-state index contributed by atoms with van der Waals surface area (Å²) in [6, 6.07) is 0. The number of carboxylic acids is 1. The number of allylic oxidation sites excluding steroid dienone is 4. The lowest BCUT2D eigenvalue weighted by Gasteiger charge is -2.26. The minimum absolute atomic E-state index is 0.152. The number of hydrogen-bond acceptors (Lipinski definition) is 8. The third-order valence-corrected chi connectivity index (χ3v) is 20.2. The summed E-state index contributed by atoms with van der Waals surface area (Å²) in [4.78, 5) is 37.7. The van der Waals surface area contributed by atoms with E-state index in [2.05, 4.69) is 38.2 Å². The summed E-state index contributed by atoms with van der Waals surface area (Å²) in [6.07, 6.45) is 99.2. The number of esters is 2. The number of likely N-dealkylation sites (N-methyl/N-ethyl adjacent to an activating group) is 1. The first kappa shape index (κ1) is 94.8. The summed E-state index contributed by atoms with van der Waals surface area (Å²) < 4.78 is 22.9. The number of ether oxygens (including phenoxy) is 4. The number of carbonyl (C=O) groups excluding carboxylic acids is 3. The maximum Gasteiger partial charge on any atom is 0.306 e. The Morgan fingerprint density at radius 3 is 0.814 bits per heavy atom. The molecule has 0 aromatic heterocycles. The van der Waals surface area contributed by atoms with Gasteiger partial charge in [0.1, 0.15) is 13.2 Å². The number of carboxylic acid groups (broad SMARTS) is 1. The molecule has 0 spiro atoms. The largest absolute Gasteiger partial charge is 0.545 e. The van der Waals surface area contributed by atoms with Gasteiger partial charge in [-0.25, -0.2) is 0 Å². The number of quaternary nitrogens is 1. The highest BCUT2D eigenvalue weighted by Crippen LogP contribution is 2.21. The van der Waals surface area contributed by atoms with E-state index in [1.54, 1.807) is 0 Å². The Bertz CT molecular complexity index is 1640. The molecule has 0 fully saturated rings. The number of rotatable bonds is 83. The van der Waals surface area contributed by atoms with Crippen LogP contribution >= 0.6 is 0 Å². The summed E-state index contributed by atoms with van der Waals surface area (Å²) in [5.74, 6) is -2.24. The zero-order valence-electron chi connectivity index (χ0n) is 66.0. The van der Waals surface area contributed by atoms with Crippen LogP contribution in [0.15, 0.2) is 24.3 Å². The molecule has 0 aromatic carbocycles. The van der Waals surface area contributed by atoms with Crippen molar-refractivity contribution >= 4 is 17.9 Å². The minimum atomic E-state index is -1.62. The van der Waals surface area contributed by atoms with Crippen molar-refractivity contribution in [1.82, 2.24) is 0 Å². The summed E-state index contributed by atoms with van der Waals surface area (Å²) in [5, 5.41) is 11.9. The second kappa shape index (κ2) is 79.5. The van der Waals surface area contributed by atoms with Gasteiger partial charge >= 0.3 is 11.9 Å². The van der Waals surface area contributed by atoms with Crippen molar-refractivity contribution in [2.45, 2.75) is 476 Å². The average Bonchev–Trinajstić information content (AvgIpc) is 3.74. The fraction of sp³-hybridized carbons (Fsp3) is 0.920. The van der Waals surface area contributed by atoms with Crippen LogP contribution in [0.5, 0.6) is 0 Å². The summed E-state index contributed by atoms with van der Waals surface area (Å²) in [7, 11) is 5.96. The monoisotopic (exact) mass is 1370 g/mol. The predicted molar refractivity (Wildman–Crippen MR) is 417 cm³/mol. The molecule has 9 heteroatoms. The van der Waals surface area contributed by atoms with Crippen LogP contribution in [0.3, 0.4) is 0 Å². The van der Waals surface area contributed by atoms with E-state index in [4.69, 9.17) is 18.9 Å². The Morgan fingerprint density at radius 1 is 0.309 bits per heavy atom. The lowest BCUT2D eigenvalue weighted by molar-refractivity contribution is -0.870. The van der Waals surface area contributed by atoms with Gasteiger partial charge < -0.3 is 33.3 Å². The molecule has 0 amide bonds. The molecule has 9 nitrogen and oxygen atoms in total. The third-order valence-electron chi connectivity index (χ3n) is 20.2. The fourth-order valence-corrected chi connectivity index (χ4v) is 13.6. The summed E-state index contributed by atoms with van der Waals surface area (Å²) >= 11 is 0. The van der Waals surface area contributed by atoms with Gasteiger partial charge in [-0.2, -0.15) is 0 Å². The molecular formula is C88H169NO8. The van der Waals surface area contributed by atoms with E-state index in [-0.39, 0.29) is 32.2 Å². The van der Waals surface area contributed by atoms with Crippen LogP contribution in [-0.4, -0.2) is 82.3 Å². The Hall–Kier alpha value is -2.23. The van der Waals surface area contributed by atoms with E-state index in [9.17, 15) is 19.5 Å². The molecule has 0 saturated heterocycles. The Labute approximate surface area is 605 Å². The lowest BCUT2D eigenvalue weighted by atomic mass is 10.0. The molecule has 2 atom stereocenters. The van der Waals surface area contributed by atoms with Crippen LogP contribution in [-0.2, 0) is 33.3 Å². The van der Waals surface area contributed by atoms with Crippen molar-refractivity contribution in [3.63, 3.8) is 0 Å². The first-order valence-corrected chi connectivity index (χ1v) is 43.5. The van der Waals surface area contributed by atoms with Gasteiger partial charge in [0.05, 0.1) is 40.3 Å². The molecular weight excluding hydrogens is 1200 g/mol. The molecule has 0 aliphatic rings. The van der Waals surface area contributed by atoms with E-state index < -0.39 is 24.3 Å². The van der Waals surface area contributed by atoms with Gasteiger partial charge in [0.2, 0.25) is 0 Å². The Kier molecular flexibility index (Phi) is 77.6. The topological polar surface area (TPSA) is 111 Å². The second-order valence-corrected chi connectivity index (χ2v) is 31.2. The maximum atomic E-state index is 13.0. The average molecular weight is 1370 g/mol. The van der Waals surface area contributed by atoms with E-state index in [1.807, 2.05) is 21.1 Å². The van der Waals surface area contributed by atoms with E-state index >= 15 is 0 Å².